The van der Waals surface area contributed by atoms with Crippen molar-refractivity contribution in [2.75, 3.05) is 38.7 Å². The van der Waals surface area contributed by atoms with E-state index in [-0.39, 0.29) is 36.4 Å². The summed E-state index contributed by atoms with van der Waals surface area (Å²) in [5.41, 5.74) is 1.41. The summed E-state index contributed by atoms with van der Waals surface area (Å²) in [6.45, 7) is 2.49. The molecule has 1 saturated carbocycles. The molecule has 1 aromatic carbocycles. The first-order chi connectivity index (χ1) is 12.2. The van der Waals surface area contributed by atoms with Crippen LogP contribution in [0.15, 0.2) is 29.3 Å². The van der Waals surface area contributed by atoms with Crippen LogP contribution in [0.2, 0.25) is 0 Å². The lowest BCUT2D eigenvalue weighted by Gasteiger charge is -2.12. The lowest BCUT2D eigenvalue weighted by atomic mass is 10.2. The zero-order valence-electron chi connectivity index (χ0n) is 15.1. The number of amides is 1. The predicted molar refractivity (Wildman–Crippen MR) is 116 cm³/mol. The maximum absolute atomic E-state index is 12.0. The minimum absolute atomic E-state index is 0. The van der Waals surface area contributed by atoms with Gasteiger partial charge in [-0.2, -0.15) is 0 Å². The van der Waals surface area contributed by atoms with Gasteiger partial charge in [0.2, 0.25) is 5.91 Å². The van der Waals surface area contributed by atoms with Crippen LogP contribution in [-0.4, -0.2) is 45.2 Å². The van der Waals surface area contributed by atoms with Gasteiger partial charge < -0.3 is 20.7 Å². The van der Waals surface area contributed by atoms with Crippen LogP contribution in [0, 0.1) is 18.3 Å². The highest BCUT2D eigenvalue weighted by molar-refractivity contribution is 14.0. The fourth-order valence-corrected chi connectivity index (χ4v) is 2.19. The number of rotatable bonds is 9. The Kier molecular flexibility index (Phi) is 10.7. The molecular weight excluding hydrogens is 443 g/mol. The van der Waals surface area contributed by atoms with Crippen molar-refractivity contribution in [2.24, 2.45) is 10.9 Å². The number of nitrogens with one attached hydrogen (secondary N) is 3. The van der Waals surface area contributed by atoms with E-state index in [2.05, 4.69) is 26.9 Å². The second-order valence-corrected chi connectivity index (χ2v) is 6.00. The van der Waals surface area contributed by atoms with E-state index in [1.54, 1.807) is 19.2 Å². The molecule has 0 unspecified atom stereocenters. The fourth-order valence-electron chi connectivity index (χ4n) is 2.19. The number of hydrogen-bond donors (Lipinski definition) is 3. The standard InChI is InChI=1S/C19H26N4O2.HI/c1-3-15-6-4-7-17(12-15)23-18(24)13-22-19(20-2)21-10-5-11-25-14-16-8-9-16;/h1,4,6-7,12,16H,5,8-11,13-14H2,2H3,(H,23,24)(H2,20,21,22);1H. The first-order valence-electron chi connectivity index (χ1n) is 8.60. The van der Waals surface area contributed by atoms with E-state index in [4.69, 9.17) is 11.2 Å². The lowest BCUT2D eigenvalue weighted by Crippen LogP contribution is -2.41. The number of aliphatic imine (C=N–C) groups is 1. The van der Waals surface area contributed by atoms with Crippen molar-refractivity contribution in [1.82, 2.24) is 10.6 Å². The molecule has 0 saturated heterocycles. The van der Waals surface area contributed by atoms with Crippen molar-refractivity contribution in [2.45, 2.75) is 19.3 Å². The number of terminal acetylenes is 1. The van der Waals surface area contributed by atoms with Gasteiger partial charge in [-0.1, -0.05) is 12.0 Å². The number of halogens is 1. The molecule has 1 fully saturated rings. The second-order valence-electron chi connectivity index (χ2n) is 6.00. The summed E-state index contributed by atoms with van der Waals surface area (Å²) in [6, 6.07) is 7.18. The van der Waals surface area contributed by atoms with Gasteiger partial charge in [0.05, 0.1) is 6.54 Å². The molecule has 6 nitrogen and oxygen atoms in total. The number of carbonyl (C=O) groups excluding carboxylic acids is 1. The van der Waals surface area contributed by atoms with E-state index < -0.39 is 0 Å². The van der Waals surface area contributed by atoms with Crippen molar-refractivity contribution < 1.29 is 9.53 Å². The van der Waals surface area contributed by atoms with Crippen LogP contribution < -0.4 is 16.0 Å². The predicted octanol–water partition coefficient (Wildman–Crippen LogP) is 2.21. The molecule has 142 valence electrons. The first-order valence-corrected chi connectivity index (χ1v) is 8.60. The van der Waals surface area contributed by atoms with Crippen molar-refractivity contribution >= 4 is 41.5 Å². The van der Waals surface area contributed by atoms with E-state index >= 15 is 0 Å². The molecule has 0 heterocycles. The van der Waals surface area contributed by atoms with Crippen molar-refractivity contribution in [3.8, 4) is 12.3 Å². The van der Waals surface area contributed by atoms with Gasteiger partial charge in [0.25, 0.3) is 0 Å². The van der Waals surface area contributed by atoms with Gasteiger partial charge >= 0.3 is 0 Å². The van der Waals surface area contributed by atoms with E-state index in [1.807, 2.05) is 12.1 Å². The molecule has 0 radical (unpaired) electrons. The zero-order chi connectivity index (χ0) is 17.9. The highest BCUT2D eigenvalue weighted by Crippen LogP contribution is 2.28. The Hall–Kier alpha value is -1.79. The van der Waals surface area contributed by atoms with Gasteiger partial charge in [-0.05, 0) is 43.4 Å². The number of carbonyl (C=O) groups is 1. The summed E-state index contributed by atoms with van der Waals surface area (Å²) < 4.78 is 5.58. The summed E-state index contributed by atoms with van der Waals surface area (Å²) in [4.78, 5) is 16.1. The van der Waals surface area contributed by atoms with Gasteiger partial charge in [-0.3, -0.25) is 9.79 Å². The van der Waals surface area contributed by atoms with Crippen LogP contribution in [0.4, 0.5) is 5.69 Å². The van der Waals surface area contributed by atoms with E-state index in [0.717, 1.165) is 37.7 Å². The third-order valence-electron chi connectivity index (χ3n) is 3.76. The first kappa shape index (κ1) is 22.3. The molecule has 0 aromatic heterocycles. The number of hydrogen-bond acceptors (Lipinski definition) is 3. The van der Waals surface area contributed by atoms with Gasteiger partial charge in [0, 0.05) is 38.1 Å². The molecule has 0 aliphatic heterocycles. The number of nitrogens with zero attached hydrogens (tertiary/aromatic N) is 1. The van der Waals surface area contributed by atoms with Crippen molar-refractivity contribution in [3.63, 3.8) is 0 Å². The average Bonchev–Trinajstić information content (AvgIpc) is 3.45. The molecule has 1 aliphatic rings. The molecule has 1 aliphatic carbocycles. The smallest absolute Gasteiger partial charge is 0.243 e. The van der Waals surface area contributed by atoms with Gasteiger partial charge in [0.1, 0.15) is 0 Å². The van der Waals surface area contributed by atoms with Gasteiger partial charge in [-0.25, -0.2) is 0 Å². The second kappa shape index (κ2) is 12.5. The maximum atomic E-state index is 12.0. The molecule has 26 heavy (non-hydrogen) atoms. The van der Waals surface area contributed by atoms with Gasteiger partial charge in [0.15, 0.2) is 5.96 Å². The molecule has 0 atom stereocenters. The maximum Gasteiger partial charge on any atom is 0.243 e. The minimum atomic E-state index is -0.162. The number of guanidine groups is 1. The summed E-state index contributed by atoms with van der Waals surface area (Å²) in [5, 5.41) is 8.94. The van der Waals surface area contributed by atoms with Crippen molar-refractivity contribution in [3.05, 3.63) is 29.8 Å². The SMILES string of the molecule is C#Cc1cccc(NC(=O)CNC(=NC)NCCCOCC2CC2)c1.I. The molecule has 0 spiro atoms. The molecule has 0 bridgehead atoms. The number of benzene rings is 1. The lowest BCUT2D eigenvalue weighted by molar-refractivity contribution is -0.115. The Bertz CT molecular complexity index is 639. The highest BCUT2D eigenvalue weighted by Gasteiger charge is 2.20. The van der Waals surface area contributed by atoms with E-state index in [0.29, 0.717) is 11.6 Å². The van der Waals surface area contributed by atoms with Crippen molar-refractivity contribution in [1.29, 1.82) is 0 Å². The molecule has 7 heteroatoms. The van der Waals surface area contributed by atoms with Crippen LogP contribution >= 0.6 is 24.0 Å². The summed E-state index contributed by atoms with van der Waals surface area (Å²) in [5.74, 6) is 3.76. The van der Waals surface area contributed by atoms with E-state index in [1.165, 1.54) is 12.8 Å². The summed E-state index contributed by atoms with van der Waals surface area (Å²) in [6.07, 6.45) is 8.87. The summed E-state index contributed by atoms with van der Waals surface area (Å²) in [7, 11) is 1.67. The van der Waals surface area contributed by atoms with Crippen LogP contribution in [0.1, 0.15) is 24.8 Å². The Morgan fingerprint density at radius 2 is 2.19 bits per heavy atom. The van der Waals surface area contributed by atoms with Crippen LogP contribution in [0.25, 0.3) is 0 Å². The molecular formula is C19H27IN4O2. The fraction of sp³-hybridized carbons (Fsp3) is 0.474. The normalized spacial score (nSPS) is 13.3. The zero-order valence-corrected chi connectivity index (χ0v) is 17.4. The van der Waals surface area contributed by atoms with Crippen LogP contribution in [0.3, 0.4) is 0 Å². The summed E-state index contributed by atoms with van der Waals surface area (Å²) >= 11 is 0. The minimum Gasteiger partial charge on any atom is -0.381 e. The topological polar surface area (TPSA) is 74.8 Å². The number of ether oxygens (including phenoxy) is 1. The quantitative estimate of drug-likeness (QED) is 0.170. The Morgan fingerprint density at radius 1 is 1.38 bits per heavy atom. The van der Waals surface area contributed by atoms with Gasteiger partial charge in [-0.15, -0.1) is 30.4 Å². The van der Waals surface area contributed by atoms with Crippen LogP contribution in [-0.2, 0) is 9.53 Å². The average molecular weight is 470 g/mol. The molecule has 2 rings (SSSR count). The number of anilines is 1. The molecule has 3 N–H and O–H groups in total. The monoisotopic (exact) mass is 470 g/mol. The Labute approximate surface area is 172 Å². The third kappa shape index (κ3) is 9.06. The molecule has 1 aromatic rings. The third-order valence-corrected chi connectivity index (χ3v) is 3.76. The highest BCUT2D eigenvalue weighted by atomic mass is 127. The Morgan fingerprint density at radius 3 is 2.88 bits per heavy atom. The molecule has 1 amide bonds. The Balaban J connectivity index is 0.00000338. The van der Waals surface area contributed by atoms with Crippen LogP contribution in [0.5, 0.6) is 0 Å². The largest absolute Gasteiger partial charge is 0.381 e. The van der Waals surface area contributed by atoms with E-state index in [9.17, 15) is 4.79 Å².